The van der Waals surface area contributed by atoms with E-state index in [0.717, 1.165) is 35.5 Å². The molecule has 32 heavy (non-hydrogen) atoms. The van der Waals surface area contributed by atoms with Crippen molar-refractivity contribution in [3.05, 3.63) is 77.3 Å². The van der Waals surface area contributed by atoms with Crippen molar-refractivity contribution in [1.29, 1.82) is 0 Å². The maximum atomic E-state index is 11.3. The Kier molecular flexibility index (Phi) is 6.53. The van der Waals surface area contributed by atoms with Crippen molar-refractivity contribution in [2.45, 2.75) is 25.4 Å². The molecule has 0 saturated carbocycles. The molecule has 4 rings (SSSR count). The smallest absolute Gasteiger partial charge is 0.335 e. The van der Waals surface area contributed by atoms with Gasteiger partial charge in [-0.2, -0.15) is 0 Å². The highest BCUT2D eigenvalue weighted by atomic mass is 32.1. The summed E-state index contributed by atoms with van der Waals surface area (Å²) in [7, 11) is 1.69. The van der Waals surface area contributed by atoms with Crippen LogP contribution >= 0.6 is 12.2 Å². The number of aromatic nitrogens is 1. The van der Waals surface area contributed by atoms with Gasteiger partial charge in [-0.1, -0.05) is 12.1 Å². The number of carboxylic acid groups (broad SMARTS) is 1. The molecule has 0 amide bonds. The van der Waals surface area contributed by atoms with E-state index in [4.69, 9.17) is 21.4 Å². The third-order valence-electron chi connectivity index (χ3n) is 5.60. The van der Waals surface area contributed by atoms with Gasteiger partial charge in [-0.05, 0) is 67.5 Å². The molecule has 8 heteroatoms. The number of pyridine rings is 1. The number of benzene rings is 1. The van der Waals surface area contributed by atoms with E-state index in [-0.39, 0.29) is 17.6 Å². The van der Waals surface area contributed by atoms with E-state index in [0.29, 0.717) is 17.5 Å². The van der Waals surface area contributed by atoms with Gasteiger partial charge in [-0.15, -0.1) is 0 Å². The Labute approximate surface area is 192 Å². The fourth-order valence-corrected chi connectivity index (χ4v) is 4.40. The topological polar surface area (TPSA) is 87.8 Å². The summed E-state index contributed by atoms with van der Waals surface area (Å²) in [4.78, 5) is 17.9. The number of rotatable bonds is 8. The molecule has 0 spiro atoms. The Morgan fingerprint density at radius 1 is 1.28 bits per heavy atom. The van der Waals surface area contributed by atoms with Crippen molar-refractivity contribution in [1.82, 2.24) is 15.2 Å². The Morgan fingerprint density at radius 2 is 2.12 bits per heavy atom. The lowest BCUT2D eigenvalue weighted by Gasteiger charge is -2.26. The van der Waals surface area contributed by atoms with Crippen molar-refractivity contribution >= 4 is 23.3 Å². The Hall–Kier alpha value is -3.23. The van der Waals surface area contributed by atoms with Crippen LogP contribution in [0.3, 0.4) is 0 Å². The molecule has 1 saturated heterocycles. The van der Waals surface area contributed by atoms with E-state index in [1.807, 2.05) is 37.3 Å². The highest BCUT2D eigenvalue weighted by Gasteiger charge is 2.41. The normalized spacial score (nSPS) is 18.1. The van der Waals surface area contributed by atoms with E-state index in [1.54, 1.807) is 31.5 Å². The van der Waals surface area contributed by atoms with Gasteiger partial charge >= 0.3 is 5.97 Å². The number of aromatic carboxylic acids is 1. The molecule has 3 heterocycles. The lowest BCUT2D eigenvalue weighted by Crippen LogP contribution is -2.31. The van der Waals surface area contributed by atoms with Crippen LogP contribution < -0.4 is 5.32 Å². The summed E-state index contributed by atoms with van der Waals surface area (Å²) in [5, 5.41) is 13.3. The number of carbonyl (C=O) groups is 1. The minimum atomic E-state index is -0.949. The minimum Gasteiger partial charge on any atom is -0.478 e. The summed E-state index contributed by atoms with van der Waals surface area (Å²) in [6.07, 6.45) is 2.60. The molecule has 3 aromatic rings. The number of aryl methyl sites for hydroxylation is 1. The molecule has 2 atom stereocenters. The molecule has 7 nitrogen and oxygen atoms in total. The summed E-state index contributed by atoms with van der Waals surface area (Å²) < 4.78 is 11.5. The van der Waals surface area contributed by atoms with Gasteiger partial charge in [0, 0.05) is 32.0 Å². The second-order valence-electron chi connectivity index (χ2n) is 7.70. The highest BCUT2D eigenvalue weighted by molar-refractivity contribution is 7.80. The van der Waals surface area contributed by atoms with Gasteiger partial charge in [0.15, 0.2) is 5.11 Å². The zero-order valence-corrected chi connectivity index (χ0v) is 18.8. The lowest BCUT2D eigenvalue weighted by atomic mass is 10.0. The van der Waals surface area contributed by atoms with E-state index in [9.17, 15) is 9.90 Å². The van der Waals surface area contributed by atoms with Gasteiger partial charge in [0.2, 0.25) is 0 Å². The summed E-state index contributed by atoms with van der Waals surface area (Å²) in [6.45, 7) is 3.23. The Morgan fingerprint density at radius 3 is 2.81 bits per heavy atom. The maximum Gasteiger partial charge on any atom is 0.335 e. The van der Waals surface area contributed by atoms with Crippen LogP contribution in [0.4, 0.5) is 0 Å². The standard InChI is InChI=1S/C24H25N3O4S/c1-15-14-16(23(28)29)7-8-17(15)19-9-10-20(31-19)22-21(18-6-3-4-11-25-18)26-24(32)27(22)12-5-13-30-2/h3-4,6-11,14,21-22H,5,12-13H2,1-2H3,(H,26,32)(H,28,29)/t21-,22-/m1/s1. The SMILES string of the molecule is COCCCN1C(=S)N[C@H](c2ccccn2)[C@H]1c1ccc(-c2ccc(C(=O)O)cc2C)o1. The van der Waals surface area contributed by atoms with E-state index in [2.05, 4.69) is 15.2 Å². The number of nitrogens with one attached hydrogen (secondary N) is 1. The van der Waals surface area contributed by atoms with Crippen LogP contribution in [-0.4, -0.2) is 46.3 Å². The average Bonchev–Trinajstić information content (AvgIpc) is 3.39. The Balaban J connectivity index is 1.69. The largest absolute Gasteiger partial charge is 0.478 e. The molecule has 1 aromatic carbocycles. The van der Waals surface area contributed by atoms with E-state index in [1.165, 1.54) is 0 Å². The molecule has 0 unspecified atom stereocenters. The van der Waals surface area contributed by atoms with Crippen LogP contribution in [0.1, 0.15) is 45.9 Å². The molecule has 0 bridgehead atoms. The molecule has 0 aliphatic carbocycles. The van der Waals surface area contributed by atoms with Gasteiger partial charge in [0.25, 0.3) is 0 Å². The third kappa shape index (κ3) is 4.37. The molecular weight excluding hydrogens is 426 g/mol. The van der Waals surface area contributed by atoms with Gasteiger partial charge in [0.1, 0.15) is 17.6 Å². The van der Waals surface area contributed by atoms with Crippen LogP contribution in [-0.2, 0) is 4.74 Å². The van der Waals surface area contributed by atoms with Crippen LogP contribution in [0.25, 0.3) is 11.3 Å². The number of hydrogen-bond donors (Lipinski definition) is 2. The van der Waals surface area contributed by atoms with Crippen molar-refractivity contribution < 1.29 is 19.1 Å². The fourth-order valence-electron chi connectivity index (χ4n) is 4.06. The first-order chi connectivity index (χ1) is 15.5. The van der Waals surface area contributed by atoms with Crippen LogP contribution in [0.2, 0.25) is 0 Å². The molecule has 0 radical (unpaired) electrons. The van der Waals surface area contributed by atoms with Gasteiger partial charge < -0.3 is 24.5 Å². The number of furan rings is 1. The molecule has 1 aliphatic heterocycles. The van der Waals surface area contributed by atoms with Crippen molar-refractivity contribution in [2.24, 2.45) is 0 Å². The summed E-state index contributed by atoms with van der Waals surface area (Å²) in [6, 6.07) is 14.4. The first kappa shape index (κ1) is 22.0. The summed E-state index contributed by atoms with van der Waals surface area (Å²) >= 11 is 5.65. The minimum absolute atomic E-state index is 0.152. The van der Waals surface area contributed by atoms with Crippen molar-refractivity contribution in [2.75, 3.05) is 20.3 Å². The monoisotopic (exact) mass is 451 g/mol. The fraction of sp³-hybridized carbons (Fsp3) is 0.292. The number of hydrogen-bond acceptors (Lipinski definition) is 5. The third-order valence-corrected chi connectivity index (χ3v) is 5.95. The van der Waals surface area contributed by atoms with Crippen LogP contribution in [0.15, 0.2) is 59.1 Å². The van der Waals surface area contributed by atoms with Crippen LogP contribution in [0, 0.1) is 6.92 Å². The average molecular weight is 452 g/mol. The predicted octanol–water partition coefficient (Wildman–Crippen LogP) is 4.36. The van der Waals surface area contributed by atoms with Gasteiger partial charge in [-0.25, -0.2) is 4.79 Å². The lowest BCUT2D eigenvalue weighted by molar-refractivity contribution is 0.0697. The Bertz CT molecular complexity index is 1120. The first-order valence-electron chi connectivity index (χ1n) is 10.4. The molecule has 1 aliphatic rings. The molecule has 166 valence electrons. The van der Waals surface area contributed by atoms with Crippen molar-refractivity contribution in [3.8, 4) is 11.3 Å². The van der Waals surface area contributed by atoms with Gasteiger partial charge in [-0.3, -0.25) is 4.98 Å². The second-order valence-corrected chi connectivity index (χ2v) is 8.09. The second kappa shape index (κ2) is 9.50. The quantitative estimate of drug-likeness (QED) is 0.386. The number of thiocarbonyl (C=S) groups is 1. The highest BCUT2D eigenvalue weighted by Crippen LogP contribution is 2.40. The summed E-state index contributed by atoms with van der Waals surface area (Å²) in [5.41, 5.74) is 2.83. The number of methoxy groups -OCH3 is 1. The molecule has 2 aromatic heterocycles. The number of ether oxygens (including phenoxy) is 1. The van der Waals surface area contributed by atoms with Crippen LogP contribution in [0.5, 0.6) is 0 Å². The predicted molar refractivity (Wildman–Crippen MR) is 124 cm³/mol. The first-order valence-corrected chi connectivity index (χ1v) is 10.8. The zero-order valence-electron chi connectivity index (χ0n) is 17.9. The van der Waals surface area contributed by atoms with Gasteiger partial charge in [0.05, 0.1) is 17.3 Å². The van der Waals surface area contributed by atoms with E-state index < -0.39 is 5.97 Å². The number of carboxylic acids is 1. The molecule has 1 fully saturated rings. The summed E-state index contributed by atoms with van der Waals surface area (Å²) in [5.74, 6) is 0.501. The molecule has 2 N–H and O–H groups in total. The number of nitrogens with zero attached hydrogens (tertiary/aromatic N) is 2. The van der Waals surface area contributed by atoms with E-state index >= 15 is 0 Å². The van der Waals surface area contributed by atoms with Crippen molar-refractivity contribution in [3.63, 3.8) is 0 Å². The maximum absolute atomic E-state index is 11.3. The molecular formula is C24H25N3O4S. The zero-order chi connectivity index (χ0) is 22.7.